The number of carbonyl (C=O) groups is 1. The van der Waals surface area contributed by atoms with Gasteiger partial charge in [0.2, 0.25) is 0 Å². The minimum absolute atomic E-state index is 0.0199. The van der Waals surface area contributed by atoms with Crippen LogP contribution >= 0.6 is 0 Å². The molecule has 0 unspecified atom stereocenters. The Bertz CT molecular complexity index is 883. The zero-order valence-electron chi connectivity index (χ0n) is 15.1. The molecule has 5 N–H and O–H groups in total. The standard InChI is InChI=1S/C17H19F3N6O2/c1-10-6-12(15(21)25-26(2)22)8-14(24-10)16(27)23-9-11-4-3-5-13(7-11)28-17(18,19)20/h3-8H,9,22H2,1-2H3,(H2,21,25)(H,23,27). The Kier molecular flexibility index (Phi) is 6.41. The van der Waals surface area contributed by atoms with Crippen molar-refractivity contribution in [2.24, 2.45) is 16.7 Å². The van der Waals surface area contributed by atoms with E-state index >= 15 is 0 Å². The van der Waals surface area contributed by atoms with Crippen molar-refractivity contribution in [1.29, 1.82) is 0 Å². The van der Waals surface area contributed by atoms with E-state index in [0.29, 0.717) is 16.8 Å². The molecule has 0 saturated carbocycles. The van der Waals surface area contributed by atoms with Gasteiger partial charge < -0.3 is 15.8 Å². The van der Waals surface area contributed by atoms with Crippen LogP contribution in [0.5, 0.6) is 5.75 Å². The lowest BCUT2D eigenvalue weighted by Crippen LogP contribution is -2.27. The molecule has 1 amide bonds. The van der Waals surface area contributed by atoms with E-state index in [0.717, 1.165) is 5.12 Å². The molecular formula is C17H19F3N6O2. The van der Waals surface area contributed by atoms with Crippen LogP contribution in [0.15, 0.2) is 41.5 Å². The van der Waals surface area contributed by atoms with Gasteiger partial charge in [0, 0.05) is 24.8 Å². The zero-order valence-corrected chi connectivity index (χ0v) is 15.1. The van der Waals surface area contributed by atoms with E-state index in [2.05, 4.69) is 20.1 Å². The quantitative estimate of drug-likeness (QED) is 0.296. The fourth-order valence-electron chi connectivity index (χ4n) is 2.29. The molecule has 8 nitrogen and oxygen atoms in total. The fourth-order valence-corrected chi connectivity index (χ4v) is 2.29. The molecule has 1 heterocycles. The molecule has 0 radical (unpaired) electrons. The number of benzene rings is 1. The third kappa shape index (κ3) is 6.43. The highest BCUT2D eigenvalue weighted by molar-refractivity contribution is 6.00. The predicted octanol–water partition coefficient (Wildman–Crippen LogP) is 1.64. The number of nitrogens with two attached hydrogens (primary N) is 2. The summed E-state index contributed by atoms with van der Waals surface area (Å²) in [7, 11) is 1.49. The molecule has 0 spiro atoms. The molecule has 0 fully saturated rings. The van der Waals surface area contributed by atoms with Gasteiger partial charge in [-0.1, -0.05) is 12.1 Å². The number of amides is 1. The summed E-state index contributed by atoms with van der Waals surface area (Å²) in [4.78, 5) is 16.5. The third-order valence-electron chi connectivity index (χ3n) is 3.33. The van der Waals surface area contributed by atoms with Crippen molar-refractivity contribution < 1.29 is 22.7 Å². The minimum atomic E-state index is -4.79. The first-order valence-corrected chi connectivity index (χ1v) is 7.98. The second kappa shape index (κ2) is 8.57. The third-order valence-corrected chi connectivity index (χ3v) is 3.33. The zero-order chi connectivity index (χ0) is 20.9. The number of hydrazone groups is 1. The van der Waals surface area contributed by atoms with E-state index in [1.165, 1.54) is 31.3 Å². The van der Waals surface area contributed by atoms with Crippen molar-refractivity contribution in [3.8, 4) is 5.75 Å². The van der Waals surface area contributed by atoms with Gasteiger partial charge in [0.05, 0.1) is 0 Å². The molecule has 2 rings (SSSR count). The van der Waals surface area contributed by atoms with Crippen LogP contribution in [0.25, 0.3) is 0 Å². The second-order valence-electron chi connectivity index (χ2n) is 5.82. The lowest BCUT2D eigenvalue weighted by molar-refractivity contribution is -0.274. The monoisotopic (exact) mass is 396 g/mol. The van der Waals surface area contributed by atoms with Gasteiger partial charge >= 0.3 is 6.36 Å². The number of nitrogens with one attached hydrogen (secondary N) is 1. The molecule has 2 aromatic rings. The van der Waals surface area contributed by atoms with Crippen molar-refractivity contribution in [3.05, 3.63) is 58.9 Å². The van der Waals surface area contributed by atoms with Crippen LogP contribution in [0, 0.1) is 6.92 Å². The molecule has 1 aromatic carbocycles. The number of aromatic nitrogens is 1. The number of rotatable bonds is 6. The van der Waals surface area contributed by atoms with Gasteiger partial charge in [0.25, 0.3) is 5.91 Å². The van der Waals surface area contributed by atoms with Crippen molar-refractivity contribution in [2.45, 2.75) is 19.8 Å². The number of alkyl halides is 3. The molecule has 0 aliphatic carbocycles. The molecule has 150 valence electrons. The SMILES string of the molecule is Cc1cc(/C(N)=N/N(C)N)cc(C(=O)NCc2cccc(OC(F)(F)F)c2)n1. The van der Waals surface area contributed by atoms with Crippen LogP contribution < -0.4 is 21.6 Å². The van der Waals surface area contributed by atoms with E-state index < -0.39 is 12.3 Å². The predicted molar refractivity (Wildman–Crippen MR) is 95.9 cm³/mol. The molecular weight excluding hydrogens is 377 g/mol. The van der Waals surface area contributed by atoms with E-state index in [9.17, 15) is 18.0 Å². The maximum absolute atomic E-state index is 12.4. The maximum atomic E-state index is 12.4. The van der Waals surface area contributed by atoms with Crippen LogP contribution in [0.2, 0.25) is 0 Å². The van der Waals surface area contributed by atoms with Gasteiger partial charge in [-0.3, -0.25) is 4.79 Å². The Hall–Kier alpha value is -3.34. The number of pyridine rings is 1. The van der Waals surface area contributed by atoms with Crippen LogP contribution in [-0.4, -0.2) is 35.3 Å². The summed E-state index contributed by atoms with van der Waals surface area (Å²) in [5.74, 6) is 4.62. The Morgan fingerprint density at radius 1 is 1.32 bits per heavy atom. The molecule has 28 heavy (non-hydrogen) atoms. The Balaban J connectivity index is 2.11. The summed E-state index contributed by atoms with van der Waals surface area (Å²) in [5, 5.41) is 7.48. The summed E-state index contributed by atoms with van der Waals surface area (Å²) < 4.78 is 40.7. The average molecular weight is 396 g/mol. The molecule has 0 aliphatic rings. The number of hydrogen-bond acceptors (Lipinski definition) is 6. The largest absolute Gasteiger partial charge is 0.573 e. The molecule has 0 saturated heterocycles. The number of carbonyl (C=O) groups excluding carboxylic acids is 1. The molecule has 0 bridgehead atoms. The number of halogens is 3. The Morgan fingerprint density at radius 2 is 2.04 bits per heavy atom. The van der Waals surface area contributed by atoms with Gasteiger partial charge in [0.1, 0.15) is 11.4 Å². The van der Waals surface area contributed by atoms with Crippen molar-refractivity contribution in [2.75, 3.05) is 7.05 Å². The van der Waals surface area contributed by atoms with Crippen molar-refractivity contribution >= 4 is 11.7 Å². The lowest BCUT2D eigenvalue weighted by atomic mass is 10.1. The van der Waals surface area contributed by atoms with Crippen molar-refractivity contribution in [3.63, 3.8) is 0 Å². The smallest absolute Gasteiger partial charge is 0.406 e. The minimum Gasteiger partial charge on any atom is -0.406 e. The fraction of sp³-hybridized carbons (Fsp3) is 0.235. The van der Waals surface area contributed by atoms with Gasteiger partial charge in [0.15, 0.2) is 5.84 Å². The highest BCUT2D eigenvalue weighted by Crippen LogP contribution is 2.23. The summed E-state index contributed by atoms with van der Waals surface area (Å²) in [5.41, 5.74) is 7.32. The van der Waals surface area contributed by atoms with Crippen LogP contribution in [0.3, 0.4) is 0 Å². The molecule has 0 aliphatic heterocycles. The maximum Gasteiger partial charge on any atom is 0.573 e. The van der Waals surface area contributed by atoms with Crippen LogP contribution in [0.1, 0.15) is 27.3 Å². The first-order chi connectivity index (χ1) is 13.0. The Labute approximate surface area is 158 Å². The highest BCUT2D eigenvalue weighted by atomic mass is 19.4. The van der Waals surface area contributed by atoms with E-state index in [1.54, 1.807) is 19.1 Å². The number of hydrazine groups is 1. The number of amidine groups is 1. The Morgan fingerprint density at radius 3 is 2.68 bits per heavy atom. The van der Waals surface area contributed by atoms with Gasteiger partial charge in [-0.2, -0.15) is 0 Å². The summed E-state index contributed by atoms with van der Waals surface area (Å²) in [6.07, 6.45) is -4.79. The lowest BCUT2D eigenvalue weighted by Gasteiger charge is -2.11. The first-order valence-electron chi connectivity index (χ1n) is 7.98. The van der Waals surface area contributed by atoms with Crippen molar-refractivity contribution in [1.82, 2.24) is 15.4 Å². The molecule has 11 heteroatoms. The van der Waals surface area contributed by atoms with Gasteiger partial charge in [-0.25, -0.2) is 15.9 Å². The van der Waals surface area contributed by atoms with E-state index in [-0.39, 0.29) is 23.8 Å². The highest BCUT2D eigenvalue weighted by Gasteiger charge is 2.31. The van der Waals surface area contributed by atoms with Crippen LogP contribution in [0.4, 0.5) is 13.2 Å². The van der Waals surface area contributed by atoms with Crippen LogP contribution in [-0.2, 0) is 6.54 Å². The second-order valence-corrected chi connectivity index (χ2v) is 5.82. The summed E-state index contributed by atoms with van der Waals surface area (Å²) >= 11 is 0. The number of nitrogens with zero attached hydrogens (tertiary/aromatic N) is 3. The number of aryl methyl sites for hydroxylation is 1. The van der Waals surface area contributed by atoms with E-state index in [4.69, 9.17) is 11.6 Å². The normalized spacial score (nSPS) is 11.9. The molecule has 0 atom stereocenters. The number of hydrogen-bond donors (Lipinski definition) is 3. The number of ether oxygens (including phenoxy) is 1. The summed E-state index contributed by atoms with van der Waals surface area (Å²) in [6, 6.07) is 8.38. The first kappa shape index (κ1) is 21.0. The topological polar surface area (TPSA) is 119 Å². The summed E-state index contributed by atoms with van der Waals surface area (Å²) in [6.45, 7) is 1.66. The van der Waals surface area contributed by atoms with E-state index in [1.807, 2.05) is 0 Å². The average Bonchev–Trinajstić information content (AvgIpc) is 2.57. The van der Waals surface area contributed by atoms with Gasteiger partial charge in [-0.05, 0) is 36.8 Å². The molecule has 1 aromatic heterocycles. The van der Waals surface area contributed by atoms with Gasteiger partial charge in [-0.15, -0.1) is 18.3 Å².